The number of rotatable bonds is 2. The number of nitrogens with two attached hydrogens (primary N) is 2. The number of hydrogen-bond acceptors (Lipinski definition) is 2. The molecule has 2 amide bonds. The molecule has 0 aliphatic rings. The van der Waals surface area contributed by atoms with Gasteiger partial charge in [-0.3, -0.25) is 9.59 Å². The fourth-order valence-corrected chi connectivity index (χ4v) is 1.26. The predicted octanol–water partition coefficient (Wildman–Crippen LogP) is 0.903. The van der Waals surface area contributed by atoms with Crippen LogP contribution in [0.2, 0.25) is 0 Å². The lowest BCUT2D eigenvalue weighted by Gasteiger charge is -2.12. The third kappa shape index (κ3) is 2.13. The summed E-state index contributed by atoms with van der Waals surface area (Å²) in [5.74, 6) is -2.48. The first-order chi connectivity index (χ1) is 7.25. The molecular weight excluding hydrogens is 225 g/mol. The van der Waals surface area contributed by atoms with Crippen molar-refractivity contribution >= 4 is 11.8 Å². The number of carbonyl (C=O) groups excluding carboxylic acids is 2. The molecule has 0 fully saturated rings. The average molecular weight is 232 g/mol. The minimum absolute atomic E-state index is 0.540. The second-order valence-corrected chi connectivity index (χ2v) is 2.95. The molecule has 0 saturated heterocycles. The first-order valence-electron chi connectivity index (χ1n) is 4.05. The third-order valence-electron chi connectivity index (χ3n) is 1.88. The molecular formula is C9H7F3N2O2. The van der Waals surface area contributed by atoms with Gasteiger partial charge < -0.3 is 11.5 Å². The zero-order valence-electron chi connectivity index (χ0n) is 7.84. The molecule has 0 aliphatic heterocycles. The summed E-state index contributed by atoms with van der Waals surface area (Å²) in [6.45, 7) is 0. The molecule has 0 heterocycles. The smallest absolute Gasteiger partial charge is 0.366 e. The molecule has 7 heteroatoms. The van der Waals surface area contributed by atoms with E-state index in [1.807, 2.05) is 0 Å². The summed E-state index contributed by atoms with van der Waals surface area (Å²) in [4.78, 5) is 21.8. The fourth-order valence-electron chi connectivity index (χ4n) is 1.26. The number of benzene rings is 1. The van der Waals surface area contributed by atoms with E-state index in [1.54, 1.807) is 0 Å². The minimum Gasteiger partial charge on any atom is -0.366 e. The van der Waals surface area contributed by atoms with E-state index in [4.69, 9.17) is 11.5 Å². The largest absolute Gasteiger partial charge is 0.417 e. The monoisotopic (exact) mass is 232 g/mol. The van der Waals surface area contributed by atoms with Gasteiger partial charge in [-0.25, -0.2) is 0 Å². The van der Waals surface area contributed by atoms with Gasteiger partial charge in [-0.2, -0.15) is 13.2 Å². The number of halogens is 3. The Bertz CT molecular complexity index is 455. The number of alkyl halides is 3. The minimum atomic E-state index is -4.77. The Labute approximate surface area is 88.0 Å². The second kappa shape index (κ2) is 3.84. The highest BCUT2D eigenvalue weighted by atomic mass is 19.4. The van der Waals surface area contributed by atoms with Crippen LogP contribution in [0.3, 0.4) is 0 Å². The van der Waals surface area contributed by atoms with E-state index in [2.05, 4.69) is 0 Å². The zero-order valence-corrected chi connectivity index (χ0v) is 7.84. The summed E-state index contributed by atoms with van der Waals surface area (Å²) in [5.41, 5.74) is 6.95. The van der Waals surface area contributed by atoms with Crippen LogP contribution < -0.4 is 11.5 Å². The van der Waals surface area contributed by atoms with Crippen LogP contribution in [-0.4, -0.2) is 11.8 Å². The van der Waals surface area contributed by atoms with Gasteiger partial charge in [0.2, 0.25) is 11.8 Å². The Morgan fingerprint density at radius 3 is 2.00 bits per heavy atom. The molecule has 0 saturated carbocycles. The molecule has 0 atom stereocenters. The third-order valence-corrected chi connectivity index (χ3v) is 1.88. The van der Waals surface area contributed by atoms with Crippen molar-refractivity contribution in [1.29, 1.82) is 0 Å². The van der Waals surface area contributed by atoms with Crippen LogP contribution in [0, 0.1) is 0 Å². The van der Waals surface area contributed by atoms with Crippen LogP contribution in [-0.2, 0) is 6.18 Å². The highest BCUT2D eigenvalue weighted by molar-refractivity contribution is 6.07. The summed E-state index contributed by atoms with van der Waals surface area (Å²) < 4.78 is 37.5. The van der Waals surface area contributed by atoms with E-state index in [1.165, 1.54) is 0 Å². The maximum atomic E-state index is 12.5. The Hall–Kier alpha value is -2.05. The second-order valence-electron chi connectivity index (χ2n) is 2.95. The van der Waals surface area contributed by atoms with E-state index in [9.17, 15) is 22.8 Å². The van der Waals surface area contributed by atoms with E-state index >= 15 is 0 Å². The van der Waals surface area contributed by atoms with Gasteiger partial charge >= 0.3 is 6.18 Å². The molecule has 1 rings (SSSR count). The molecule has 0 unspecified atom stereocenters. The normalized spacial score (nSPS) is 11.2. The molecule has 86 valence electrons. The van der Waals surface area contributed by atoms with Gasteiger partial charge in [0.25, 0.3) is 0 Å². The molecule has 1 aromatic rings. The lowest BCUT2D eigenvalue weighted by Crippen LogP contribution is -2.25. The molecule has 0 spiro atoms. The van der Waals surface area contributed by atoms with Gasteiger partial charge in [0.15, 0.2) is 0 Å². The number of carbonyl (C=O) groups is 2. The van der Waals surface area contributed by atoms with E-state index in [0.29, 0.717) is 6.07 Å². The highest BCUT2D eigenvalue weighted by Crippen LogP contribution is 2.33. The lowest BCUT2D eigenvalue weighted by molar-refractivity contribution is -0.137. The number of amides is 2. The van der Waals surface area contributed by atoms with Gasteiger partial charge in [0.05, 0.1) is 16.7 Å². The van der Waals surface area contributed by atoms with Crippen molar-refractivity contribution in [2.24, 2.45) is 11.5 Å². The Morgan fingerprint density at radius 2 is 1.62 bits per heavy atom. The van der Waals surface area contributed by atoms with Crippen molar-refractivity contribution in [2.75, 3.05) is 0 Å². The summed E-state index contributed by atoms with van der Waals surface area (Å²) in [6, 6.07) is 2.65. The first kappa shape index (κ1) is 12.0. The Balaban J connectivity index is 3.58. The molecule has 4 N–H and O–H groups in total. The van der Waals surface area contributed by atoms with Crippen LogP contribution in [0.25, 0.3) is 0 Å². The standard InChI is InChI=1S/C9H7F3N2O2/c10-9(11,12)5-3-1-2-4(7(13)15)6(5)8(14)16/h1-3H,(H2,13,15)(H2,14,16). The van der Waals surface area contributed by atoms with Crippen molar-refractivity contribution in [2.45, 2.75) is 6.18 Å². The van der Waals surface area contributed by atoms with Crippen molar-refractivity contribution in [3.63, 3.8) is 0 Å². The topological polar surface area (TPSA) is 86.2 Å². The average Bonchev–Trinajstić information content (AvgIpc) is 2.14. The van der Waals surface area contributed by atoms with Gasteiger partial charge in [0, 0.05) is 0 Å². The molecule has 4 nitrogen and oxygen atoms in total. The van der Waals surface area contributed by atoms with E-state index in [0.717, 1.165) is 12.1 Å². The summed E-state index contributed by atoms with van der Waals surface area (Å²) in [7, 11) is 0. The SMILES string of the molecule is NC(=O)c1cccc(C(F)(F)F)c1C(N)=O. The Morgan fingerprint density at radius 1 is 1.06 bits per heavy atom. The number of primary amides is 2. The van der Waals surface area contributed by atoms with Gasteiger partial charge in [0.1, 0.15) is 0 Å². The van der Waals surface area contributed by atoms with Crippen LogP contribution in [0.1, 0.15) is 26.3 Å². The van der Waals surface area contributed by atoms with E-state index < -0.39 is 34.7 Å². The van der Waals surface area contributed by atoms with Crippen LogP contribution in [0.5, 0.6) is 0 Å². The molecule has 16 heavy (non-hydrogen) atoms. The molecule has 1 aromatic carbocycles. The molecule has 0 radical (unpaired) electrons. The van der Waals surface area contributed by atoms with Gasteiger partial charge in [-0.1, -0.05) is 6.07 Å². The van der Waals surface area contributed by atoms with Crippen LogP contribution in [0.15, 0.2) is 18.2 Å². The zero-order chi connectivity index (χ0) is 12.5. The number of hydrogen-bond donors (Lipinski definition) is 2. The van der Waals surface area contributed by atoms with Crippen molar-refractivity contribution < 1.29 is 22.8 Å². The fraction of sp³-hybridized carbons (Fsp3) is 0.111. The summed E-state index contributed by atoms with van der Waals surface area (Å²) in [5, 5.41) is 0. The van der Waals surface area contributed by atoms with Crippen LogP contribution >= 0.6 is 0 Å². The van der Waals surface area contributed by atoms with Gasteiger partial charge in [-0.05, 0) is 12.1 Å². The Kier molecular flexibility index (Phi) is 2.88. The quantitative estimate of drug-likeness (QED) is 0.793. The van der Waals surface area contributed by atoms with Crippen LogP contribution in [0.4, 0.5) is 13.2 Å². The molecule has 0 aliphatic carbocycles. The highest BCUT2D eigenvalue weighted by Gasteiger charge is 2.36. The molecule has 0 aromatic heterocycles. The lowest BCUT2D eigenvalue weighted by atomic mass is 9.99. The summed E-state index contributed by atoms with van der Waals surface area (Å²) >= 11 is 0. The van der Waals surface area contributed by atoms with E-state index in [-0.39, 0.29) is 0 Å². The van der Waals surface area contributed by atoms with Crippen molar-refractivity contribution in [3.8, 4) is 0 Å². The summed E-state index contributed by atoms with van der Waals surface area (Å²) in [6.07, 6.45) is -4.77. The van der Waals surface area contributed by atoms with Crippen molar-refractivity contribution in [3.05, 3.63) is 34.9 Å². The maximum Gasteiger partial charge on any atom is 0.417 e. The first-order valence-corrected chi connectivity index (χ1v) is 4.05. The predicted molar refractivity (Wildman–Crippen MR) is 48.5 cm³/mol. The molecule has 0 bridgehead atoms. The van der Waals surface area contributed by atoms with Gasteiger partial charge in [-0.15, -0.1) is 0 Å². The van der Waals surface area contributed by atoms with Crippen molar-refractivity contribution in [1.82, 2.24) is 0 Å². The maximum absolute atomic E-state index is 12.5.